The van der Waals surface area contributed by atoms with Crippen molar-refractivity contribution in [1.29, 1.82) is 0 Å². The molecule has 1 aliphatic rings. The molecule has 2 N–H and O–H groups in total. The van der Waals surface area contributed by atoms with E-state index in [1.165, 1.54) is 9.47 Å². The Labute approximate surface area is 236 Å². The number of ether oxygens (including phenoxy) is 2. The third-order valence-corrected chi connectivity index (χ3v) is 6.30. The lowest BCUT2D eigenvalue weighted by atomic mass is 10.1. The van der Waals surface area contributed by atoms with Crippen molar-refractivity contribution < 1.29 is 28.7 Å². The quantitative estimate of drug-likeness (QED) is 0.417. The summed E-state index contributed by atoms with van der Waals surface area (Å²) < 4.78 is 12.3. The van der Waals surface area contributed by atoms with Gasteiger partial charge in [0.25, 0.3) is 11.5 Å². The van der Waals surface area contributed by atoms with Gasteiger partial charge in [-0.15, -0.1) is 0 Å². The van der Waals surface area contributed by atoms with Crippen LogP contribution in [0.2, 0.25) is 0 Å². The molecule has 1 atom stereocenters. The van der Waals surface area contributed by atoms with Crippen molar-refractivity contribution in [1.82, 2.24) is 19.8 Å². The number of fused-ring (bicyclic) bond motifs is 1. The van der Waals surface area contributed by atoms with E-state index in [4.69, 9.17) is 9.47 Å². The fraction of sp³-hybridized carbons (Fsp3) is 0.379. The first-order valence-electron chi connectivity index (χ1n) is 13.1. The summed E-state index contributed by atoms with van der Waals surface area (Å²) in [5.41, 5.74) is 0.338. The molecule has 0 saturated carbocycles. The molecule has 216 valence electrons. The Morgan fingerprint density at radius 1 is 1.15 bits per heavy atom. The standard InChI is InChI=1S/C29H33N5O7/c1-17-30-25-20(27(38)34(17)22-12-13-23(35)32-26(22)37)10-7-11-21(25)31-24(36)16-40-19-9-6-8-18(14-19)15-33(5)28(39)41-29(2,3)4/h6-11,14,22H,12-13,15-16H2,1-5H3,(H,31,36)(H,32,35,37). The number of nitrogens with one attached hydrogen (secondary N) is 2. The molecule has 2 heterocycles. The number of nitrogens with zero attached hydrogens (tertiary/aromatic N) is 3. The van der Waals surface area contributed by atoms with Gasteiger partial charge in [0.15, 0.2) is 6.61 Å². The van der Waals surface area contributed by atoms with Gasteiger partial charge in [-0.3, -0.25) is 29.1 Å². The highest BCUT2D eigenvalue weighted by atomic mass is 16.6. The summed E-state index contributed by atoms with van der Waals surface area (Å²) in [6, 6.07) is 11.0. The number of benzene rings is 2. The molecule has 1 unspecified atom stereocenters. The number of carbonyl (C=O) groups excluding carboxylic acids is 4. The highest BCUT2D eigenvalue weighted by Crippen LogP contribution is 2.24. The van der Waals surface area contributed by atoms with Crippen LogP contribution in [0.1, 0.15) is 51.0 Å². The summed E-state index contributed by atoms with van der Waals surface area (Å²) in [4.78, 5) is 68.3. The Kier molecular flexibility index (Phi) is 8.41. The fourth-order valence-electron chi connectivity index (χ4n) is 4.47. The van der Waals surface area contributed by atoms with Crippen LogP contribution in [0, 0.1) is 6.92 Å². The number of amides is 4. The molecule has 4 amide bonds. The number of anilines is 1. The summed E-state index contributed by atoms with van der Waals surface area (Å²) in [6.45, 7) is 6.96. The Hall–Kier alpha value is -4.74. The van der Waals surface area contributed by atoms with E-state index in [1.807, 2.05) is 6.07 Å². The minimum Gasteiger partial charge on any atom is -0.484 e. The van der Waals surface area contributed by atoms with Crippen LogP contribution in [0.15, 0.2) is 47.3 Å². The molecule has 3 aromatic rings. The van der Waals surface area contributed by atoms with Crippen LogP contribution in [-0.4, -0.2) is 57.5 Å². The summed E-state index contributed by atoms with van der Waals surface area (Å²) in [5, 5.41) is 5.22. The Morgan fingerprint density at radius 2 is 1.88 bits per heavy atom. The van der Waals surface area contributed by atoms with Crippen molar-refractivity contribution >= 4 is 40.4 Å². The van der Waals surface area contributed by atoms with E-state index in [9.17, 15) is 24.0 Å². The molecule has 12 heteroatoms. The SMILES string of the molecule is Cc1nc2c(NC(=O)COc3cccc(CN(C)C(=O)OC(C)(C)C)c3)cccc2c(=O)n1C1CCC(=O)NC1=O. The minimum atomic E-state index is -0.844. The van der Waals surface area contributed by atoms with Crippen molar-refractivity contribution in [2.75, 3.05) is 19.0 Å². The number of piperidine rings is 1. The van der Waals surface area contributed by atoms with Crippen molar-refractivity contribution in [3.05, 3.63) is 64.2 Å². The van der Waals surface area contributed by atoms with E-state index in [0.29, 0.717) is 11.4 Å². The molecule has 12 nitrogen and oxygen atoms in total. The van der Waals surface area contributed by atoms with E-state index >= 15 is 0 Å². The van der Waals surface area contributed by atoms with Crippen molar-refractivity contribution in [2.24, 2.45) is 0 Å². The first-order valence-corrected chi connectivity index (χ1v) is 13.1. The smallest absolute Gasteiger partial charge is 0.410 e. The number of para-hydroxylation sites is 1. The fourth-order valence-corrected chi connectivity index (χ4v) is 4.47. The predicted molar refractivity (Wildman–Crippen MR) is 150 cm³/mol. The maximum atomic E-state index is 13.3. The highest BCUT2D eigenvalue weighted by molar-refractivity contribution is 6.01. The van der Waals surface area contributed by atoms with Gasteiger partial charge in [0.2, 0.25) is 11.8 Å². The Morgan fingerprint density at radius 3 is 2.59 bits per heavy atom. The monoisotopic (exact) mass is 563 g/mol. The van der Waals surface area contributed by atoms with Gasteiger partial charge in [0.1, 0.15) is 28.7 Å². The second-order valence-electron chi connectivity index (χ2n) is 10.8. The number of imide groups is 1. The summed E-state index contributed by atoms with van der Waals surface area (Å²) >= 11 is 0. The van der Waals surface area contributed by atoms with Gasteiger partial charge in [-0.05, 0) is 63.9 Å². The molecule has 0 aliphatic carbocycles. The van der Waals surface area contributed by atoms with Crippen molar-refractivity contribution in [3.8, 4) is 5.75 Å². The molecule has 41 heavy (non-hydrogen) atoms. The van der Waals surface area contributed by atoms with Gasteiger partial charge in [-0.2, -0.15) is 0 Å². The van der Waals surface area contributed by atoms with E-state index in [-0.39, 0.29) is 48.6 Å². The summed E-state index contributed by atoms with van der Waals surface area (Å²) in [6.07, 6.45) is -0.129. The third-order valence-electron chi connectivity index (χ3n) is 6.30. The van der Waals surface area contributed by atoms with E-state index in [0.717, 1.165) is 5.56 Å². The van der Waals surface area contributed by atoms with Gasteiger partial charge in [-0.25, -0.2) is 9.78 Å². The second kappa shape index (κ2) is 11.8. The Bertz CT molecular complexity index is 1570. The third kappa shape index (κ3) is 7.07. The van der Waals surface area contributed by atoms with Crippen LogP contribution in [-0.2, 0) is 25.7 Å². The molecule has 2 aromatic carbocycles. The van der Waals surface area contributed by atoms with Gasteiger partial charge in [0.05, 0.1) is 11.1 Å². The van der Waals surface area contributed by atoms with Gasteiger partial charge in [0, 0.05) is 20.0 Å². The maximum absolute atomic E-state index is 13.3. The van der Waals surface area contributed by atoms with E-state index in [2.05, 4.69) is 15.6 Å². The zero-order chi connectivity index (χ0) is 29.9. The number of aromatic nitrogens is 2. The minimum absolute atomic E-state index is 0.125. The lowest BCUT2D eigenvalue weighted by Gasteiger charge is -2.24. The van der Waals surface area contributed by atoms with E-state index < -0.39 is 35.1 Å². The molecule has 1 aromatic heterocycles. The zero-order valence-electron chi connectivity index (χ0n) is 23.6. The summed E-state index contributed by atoms with van der Waals surface area (Å²) in [5.74, 6) is -0.674. The predicted octanol–water partition coefficient (Wildman–Crippen LogP) is 3.07. The largest absolute Gasteiger partial charge is 0.484 e. The average molecular weight is 564 g/mol. The number of carbonyl (C=O) groups is 4. The Balaban J connectivity index is 1.44. The van der Waals surface area contributed by atoms with Crippen molar-refractivity contribution in [2.45, 2.75) is 58.7 Å². The molecule has 0 radical (unpaired) electrons. The van der Waals surface area contributed by atoms with Gasteiger partial charge >= 0.3 is 6.09 Å². The van der Waals surface area contributed by atoms with Crippen LogP contribution in [0.25, 0.3) is 10.9 Å². The molecule has 0 spiro atoms. The average Bonchev–Trinajstić information content (AvgIpc) is 2.88. The molecule has 1 aliphatic heterocycles. The number of rotatable bonds is 7. The van der Waals surface area contributed by atoms with Gasteiger partial charge < -0.3 is 19.7 Å². The van der Waals surface area contributed by atoms with Gasteiger partial charge in [-0.1, -0.05) is 18.2 Å². The molecular weight excluding hydrogens is 530 g/mol. The second-order valence-corrected chi connectivity index (χ2v) is 10.8. The van der Waals surface area contributed by atoms with Crippen LogP contribution in [0.4, 0.5) is 10.5 Å². The summed E-state index contributed by atoms with van der Waals surface area (Å²) in [7, 11) is 1.63. The van der Waals surface area contributed by atoms with E-state index in [1.54, 1.807) is 71.1 Å². The van der Waals surface area contributed by atoms with Crippen LogP contribution in [0.5, 0.6) is 5.75 Å². The lowest BCUT2D eigenvalue weighted by Crippen LogP contribution is -2.45. The zero-order valence-corrected chi connectivity index (χ0v) is 23.6. The maximum Gasteiger partial charge on any atom is 0.410 e. The van der Waals surface area contributed by atoms with Crippen molar-refractivity contribution in [3.63, 3.8) is 0 Å². The van der Waals surface area contributed by atoms with Crippen LogP contribution in [0.3, 0.4) is 0 Å². The first kappa shape index (κ1) is 29.2. The topological polar surface area (TPSA) is 149 Å². The normalized spacial score (nSPS) is 15.3. The molecule has 4 rings (SSSR count). The van der Waals surface area contributed by atoms with Crippen LogP contribution < -0.4 is 20.9 Å². The molecule has 0 bridgehead atoms. The molecular formula is C29H33N5O7. The first-order chi connectivity index (χ1) is 19.3. The van der Waals surface area contributed by atoms with Crippen LogP contribution >= 0.6 is 0 Å². The number of hydrogen-bond acceptors (Lipinski definition) is 8. The highest BCUT2D eigenvalue weighted by Gasteiger charge is 2.30. The lowest BCUT2D eigenvalue weighted by molar-refractivity contribution is -0.135. The molecule has 1 saturated heterocycles. The molecule has 1 fully saturated rings. The number of hydrogen-bond donors (Lipinski definition) is 2. The number of aryl methyl sites for hydroxylation is 1.